The summed E-state index contributed by atoms with van der Waals surface area (Å²) < 4.78 is 19.7. The van der Waals surface area contributed by atoms with E-state index in [1.54, 1.807) is 0 Å². The molecule has 0 saturated carbocycles. The number of aliphatic hydroxyl groups is 2. The van der Waals surface area contributed by atoms with E-state index in [9.17, 15) is 24.4 Å². The van der Waals surface area contributed by atoms with Crippen molar-refractivity contribution in [3.05, 3.63) is 0 Å². The highest BCUT2D eigenvalue weighted by Gasteiger charge is 2.63. The Morgan fingerprint density at radius 3 is 2.47 bits per heavy atom. The van der Waals surface area contributed by atoms with E-state index < -0.39 is 50.4 Å². The monoisotopic (exact) mass is 298 g/mol. The SMILES string of the molecule is O=C1NC(=O)[C@@]2(N1)O[C@H](COP(=O)(O)O)[C@@H](O)[C@@H]2O. The van der Waals surface area contributed by atoms with Crippen LogP contribution in [0.5, 0.6) is 0 Å². The predicted molar refractivity (Wildman–Crippen MR) is 54.3 cm³/mol. The average Bonchev–Trinajstić information content (AvgIpc) is 2.68. The van der Waals surface area contributed by atoms with Gasteiger partial charge in [-0.15, -0.1) is 0 Å². The Balaban J connectivity index is 2.13. The van der Waals surface area contributed by atoms with Crippen molar-refractivity contribution in [3.8, 4) is 0 Å². The lowest BCUT2D eigenvalue weighted by Gasteiger charge is -2.23. The molecule has 0 bridgehead atoms. The van der Waals surface area contributed by atoms with Crippen molar-refractivity contribution in [3.63, 3.8) is 0 Å². The highest BCUT2D eigenvalue weighted by Crippen LogP contribution is 2.38. The number of imide groups is 1. The Kier molecular flexibility index (Phi) is 3.39. The van der Waals surface area contributed by atoms with Gasteiger partial charge in [-0.2, -0.15) is 0 Å². The maximum atomic E-state index is 11.5. The molecular formula is C7H11N2O9P. The lowest BCUT2D eigenvalue weighted by atomic mass is 10.0. The van der Waals surface area contributed by atoms with Gasteiger partial charge in [-0.3, -0.25) is 20.0 Å². The first-order valence-electron chi connectivity index (χ1n) is 5.03. The van der Waals surface area contributed by atoms with Gasteiger partial charge in [0.25, 0.3) is 11.6 Å². The molecule has 12 heteroatoms. The summed E-state index contributed by atoms with van der Waals surface area (Å²) in [5.41, 5.74) is -2.18. The minimum atomic E-state index is -4.80. The van der Waals surface area contributed by atoms with Gasteiger partial charge in [0.1, 0.15) is 18.3 Å². The van der Waals surface area contributed by atoms with Gasteiger partial charge in [-0.05, 0) is 0 Å². The highest BCUT2D eigenvalue weighted by molar-refractivity contribution is 7.46. The smallest absolute Gasteiger partial charge is 0.387 e. The average molecular weight is 298 g/mol. The molecule has 19 heavy (non-hydrogen) atoms. The highest BCUT2D eigenvalue weighted by atomic mass is 31.2. The number of phosphoric ester groups is 1. The van der Waals surface area contributed by atoms with Gasteiger partial charge in [-0.25, -0.2) is 9.36 Å². The second kappa shape index (κ2) is 4.49. The fourth-order valence-electron chi connectivity index (χ4n) is 1.87. The number of ether oxygens (including phenoxy) is 1. The van der Waals surface area contributed by atoms with Crippen LogP contribution in [0.4, 0.5) is 4.79 Å². The first kappa shape index (κ1) is 14.3. The molecule has 0 radical (unpaired) electrons. The zero-order chi connectivity index (χ0) is 14.4. The molecule has 2 rings (SSSR count). The van der Waals surface area contributed by atoms with Crippen LogP contribution >= 0.6 is 7.82 Å². The third-order valence-electron chi connectivity index (χ3n) is 2.73. The molecule has 2 heterocycles. The van der Waals surface area contributed by atoms with E-state index >= 15 is 0 Å². The second-order valence-electron chi connectivity index (χ2n) is 4.02. The quantitative estimate of drug-likeness (QED) is 0.231. The first-order valence-corrected chi connectivity index (χ1v) is 6.56. The summed E-state index contributed by atoms with van der Waals surface area (Å²) >= 11 is 0. The van der Waals surface area contributed by atoms with E-state index in [2.05, 4.69) is 4.52 Å². The van der Waals surface area contributed by atoms with Crippen LogP contribution in [-0.2, 0) is 18.6 Å². The van der Waals surface area contributed by atoms with E-state index in [4.69, 9.17) is 14.5 Å². The fourth-order valence-corrected chi connectivity index (χ4v) is 2.21. The van der Waals surface area contributed by atoms with E-state index in [1.807, 2.05) is 10.6 Å². The first-order chi connectivity index (χ1) is 8.66. The van der Waals surface area contributed by atoms with Crippen molar-refractivity contribution >= 4 is 19.8 Å². The van der Waals surface area contributed by atoms with Gasteiger partial charge in [0.15, 0.2) is 0 Å². The van der Waals surface area contributed by atoms with Gasteiger partial charge >= 0.3 is 13.9 Å². The number of carbonyl (C=O) groups is 2. The summed E-state index contributed by atoms with van der Waals surface area (Å²) in [6.07, 6.45) is -4.87. The lowest BCUT2D eigenvalue weighted by Crippen LogP contribution is -2.56. The Morgan fingerprint density at radius 2 is 2.00 bits per heavy atom. The zero-order valence-corrected chi connectivity index (χ0v) is 10.1. The summed E-state index contributed by atoms with van der Waals surface area (Å²) in [5, 5.41) is 23.2. The van der Waals surface area contributed by atoms with Crippen LogP contribution in [0.3, 0.4) is 0 Å². The molecule has 2 saturated heterocycles. The molecule has 0 aliphatic carbocycles. The summed E-state index contributed by atoms with van der Waals surface area (Å²) in [4.78, 5) is 39.6. The molecule has 2 fully saturated rings. The number of urea groups is 1. The number of rotatable bonds is 3. The van der Waals surface area contributed by atoms with Crippen LogP contribution in [0.1, 0.15) is 0 Å². The second-order valence-corrected chi connectivity index (χ2v) is 5.26. The number of nitrogens with one attached hydrogen (secondary N) is 2. The van der Waals surface area contributed by atoms with Crippen LogP contribution in [0, 0.1) is 0 Å². The van der Waals surface area contributed by atoms with Crippen molar-refractivity contribution < 1.29 is 43.4 Å². The maximum Gasteiger partial charge on any atom is 0.469 e. The molecule has 2 aliphatic rings. The van der Waals surface area contributed by atoms with Crippen molar-refractivity contribution in [2.75, 3.05) is 6.61 Å². The number of phosphoric acid groups is 1. The third kappa shape index (κ3) is 2.49. The van der Waals surface area contributed by atoms with E-state index in [-0.39, 0.29) is 0 Å². The van der Waals surface area contributed by atoms with E-state index in [0.717, 1.165) is 0 Å². The van der Waals surface area contributed by atoms with E-state index in [1.165, 1.54) is 0 Å². The van der Waals surface area contributed by atoms with Crippen LogP contribution < -0.4 is 10.6 Å². The van der Waals surface area contributed by atoms with Gasteiger partial charge in [0, 0.05) is 0 Å². The molecule has 3 amide bonds. The summed E-state index contributed by atoms with van der Waals surface area (Å²) in [5.74, 6) is -1.01. The number of hydrogen-bond acceptors (Lipinski definition) is 7. The van der Waals surface area contributed by atoms with Gasteiger partial charge in [0.2, 0.25) is 0 Å². The Hall–Kier alpha value is -1.07. The zero-order valence-electron chi connectivity index (χ0n) is 9.22. The molecule has 0 aromatic rings. The molecular weight excluding hydrogens is 287 g/mol. The molecule has 11 nitrogen and oxygen atoms in total. The van der Waals surface area contributed by atoms with Crippen LogP contribution in [0.2, 0.25) is 0 Å². The molecule has 0 aromatic heterocycles. The minimum Gasteiger partial charge on any atom is -0.387 e. The Morgan fingerprint density at radius 1 is 1.37 bits per heavy atom. The molecule has 0 aromatic carbocycles. The van der Waals surface area contributed by atoms with Gasteiger partial charge < -0.3 is 24.7 Å². The number of carbonyl (C=O) groups excluding carboxylic acids is 2. The number of aliphatic hydroxyl groups excluding tert-OH is 2. The van der Waals surface area contributed by atoms with E-state index in [0.29, 0.717) is 0 Å². The number of hydrogen-bond donors (Lipinski definition) is 6. The Bertz CT molecular complexity index is 463. The van der Waals surface area contributed by atoms with Crippen LogP contribution in [0.15, 0.2) is 0 Å². The predicted octanol–water partition coefficient (Wildman–Crippen LogP) is -3.25. The van der Waals surface area contributed by atoms with Gasteiger partial charge in [-0.1, -0.05) is 0 Å². The molecule has 108 valence electrons. The van der Waals surface area contributed by atoms with Crippen LogP contribution in [0.25, 0.3) is 0 Å². The fraction of sp³-hybridized carbons (Fsp3) is 0.714. The van der Waals surface area contributed by atoms with Crippen molar-refractivity contribution in [1.29, 1.82) is 0 Å². The standard InChI is InChI=1S/C7H11N2O9P/c10-3-2(1-17-19(14,15)16)18-7(4(3)11)5(12)8-6(13)9-7/h2-4,10-11H,1H2,(H2,14,15,16)(H2,8,9,12,13)/t2-,3-,4+,7+/m1/s1. The summed E-state index contributed by atoms with van der Waals surface area (Å²) in [6.45, 7) is -0.770. The largest absolute Gasteiger partial charge is 0.469 e. The minimum absolute atomic E-state index is 0.770. The molecule has 2 aliphatic heterocycles. The van der Waals surface area contributed by atoms with Crippen molar-refractivity contribution in [2.24, 2.45) is 0 Å². The Labute approximate surface area is 105 Å². The molecule has 4 atom stereocenters. The normalized spacial score (nSPS) is 38.6. The van der Waals surface area contributed by atoms with Crippen LogP contribution in [-0.4, -0.2) is 62.6 Å². The number of amides is 3. The summed E-state index contributed by atoms with van der Waals surface area (Å²) in [7, 11) is -4.80. The molecule has 6 N–H and O–H groups in total. The maximum absolute atomic E-state index is 11.5. The molecule has 0 unspecified atom stereocenters. The topological polar surface area (TPSA) is 175 Å². The lowest BCUT2D eigenvalue weighted by molar-refractivity contribution is -0.153. The molecule has 1 spiro atoms. The van der Waals surface area contributed by atoms with Crippen molar-refractivity contribution in [2.45, 2.75) is 24.0 Å². The van der Waals surface area contributed by atoms with Gasteiger partial charge in [0.05, 0.1) is 6.61 Å². The summed E-state index contributed by atoms with van der Waals surface area (Å²) in [6, 6.07) is -0.923. The third-order valence-corrected chi connectivity index (χ3v) is 3.21. The van der Waals surface area contributed by atoms with Crippen molar-refractivity contribution in [1.82, 2.24) is 10.6 Å².